The third-order valence-corrected chi connectivity index (χ3v) is 7.52. The first-order valence-electron chi connectivity index (χ1n) is 12.3. The van der Waals surface area contributed by atoms with Gasteiger partial charge in [0.2, 0.25) is 0 Å². The zero-order valence-corrected chi connectivity index (χ0v) is 20.9. The van der Waals surface area contributed by atoms with E-state index >= 15 is 0 Å². The average Bonchev–Trinajstić information content (AvgIpc) is 3.59. The number of methoxy groups -OCH3 is 1. The molecule has 3 aromatic rings. The predicted octanol–water partition coefficient (Wildman–Crippen LogP) is 2.34. The van der Waals surface area contributed by atoms with Crippen LogP contribution in [0.15, 0.2) is 28.9 Å². The molecule has 2 saturated heterocycles. The van der Waals surface area contributed by atoms with Crippen LogP contribution < -0.4 is 0 Å². The van der Waals surface area contributed by atoms with Crippen LogP contribution in [-0.4, -0.2) is 81.7 Å². The van der Waals surface area contributed by atoms with E-state index in [1.807, 2.05) is 6.07 Å². The summed E-state index contributed by atoms with van der Waals surface area (Å²) < 4.78 is 65.6. The number of aliphatic hydroxyl groups excluding tert-OH is 2. The molecule has 2 N–H and O–H groups in total. The Morgan fingerprint density at radius 3 is 2.63 bits per heavy atom. The number of rotatable bonds is 7. The first kappa shape index (κ1) is 26.8. The van der Waals surface area contributed by atoms with Crippen LogP contribution >= 0.6 is 0 Å². The van der Waals surface area contributed by atoms with E-state index in [4.69, 9.17) is 18.7 Å². The highest BCUT2D eigenvalue weighted by atomic mass is 19.2. The van der Waals surface area contributed by atoms with Crippen LogP contribution in [0, 0.1) is 17.5 Å². The molecule has 0 aliphatic carbocycles. The molecule has 13 heteroatoms. The average molecular weight is 539 g/mol. The van der Waals surface area contributed by atoms with Crippen molar-refractivity contribution in [3.05, 3.63) is 53.3 Å². The number of aliphatic hydroxyl groups is 2. The van der Waals surface area contributed by atoms with E-state index in [2.05, 4.69) is 22.4 Å². The topological polar surface area (TPSA) is 125 Å². The minimum absolute atomic E-state index is 0.0714. The summed E-state index contributed by atoms with van der Waals surface area (Å²) in [6.45, 7) is 2.87. The number of hydrogen-bond acceptors (Lipinski definition) is 9. The smallest absolute Gasteiger partial charge is 0.195 e. The molecule has 1 aromatic carbocycles. The second-order valence-corrected chi connectivity index (χ2v) is 9.94. The molecule has 206 valence electrons. The molecule has 0 saturated carbocycles. The monoisotopic (exact) mass is 538 g/mol. The van der Waals surface area contributed by atoms with Gasteiger partial charge in [-0.25, -0.2) is 17.9 Å². The molecule has 5 rings (SSSR count). The molecule has 0 bridgehead atoms. The van der Waals surface area contributed by atoms with Crippen LogP contribution in [0.25, 0.3) is 11.3 Å². The van der Waals surface area contributed by atoms with E-state index in [1.165, 1.54) is 18.0 Å². The largest absolute Gasteiger partial charge is 0.394 e. The molecule has 2 aliphatic rings. The van der Waals surface area contributed by atoms with Crippen LogP contribution in [0.1, 0.15) is 37.3 Å². The number of benzene rings is 1. The van der Waals surface area contributed by atoms with Gasteiger partial charge in [0.25, 0.3) is 0 Å². The van der Waals surface area contributed by atoms with Crippen molar-refractivity contribution < 1.29 is 42.1 Å². The molecule has 5 atom stereocenters. The summed E-state index contributed by atoms with van der Waals surface area (Å²) in [5.74, 6) is -3.61. The fourth-order valence-electron chi connectivity index (χ4n) is 5.17. The van der Waals surface area contributed by atoms with Gasteiger partial charge >= 0.3 is 0 Å². The maximum Gasteiger partial charge on any atom is 0.195 e. The highest BCUT2D eigenvalue weighted by Gasteiger charge is 2.47. The van der Waals surface area contributed by atoms with E-state index < -0.39 is 54.5 Å². The number of halogens is 3. The molecule has 2 fully saturated rings. The number of nitrogens with zero attached hydrogens (tertiary/aromatic N) is 4. The van der Waals surface area contributed by atoms with Gasteiger partial charge in [-0.3, -0.25) is 0 Å². The van der Waals surface area contributed by atoms with Gasteiger partial charge in [0.15, 0.2) is 17.5 Å². The molecule has 0 unspecified atom stereocenters. The Bertz CT molecular complexity index is 1260. The third kappa shape index (κ3) is 4.84. The van der Waals surface area contributed by atoms with Gasteiger partial charge in [0.1, 0.15) is 35.8 Å². The fourth-order valence-corrected chi connectivity index (χ4v) is 5.17. The Balaban J connectivity index is 1.42. The van der Waals surface area contributed by atoms with E-state index in [1.54, 1.807) is 0 Å². The predicted molar refractivity (Wildman–Crippen MR) is 125 cm³/mol. The van der Waals surface area contributed by atoms with Crippen LogP contribution in [-0.2, 0) is 26.0 Å². The van der Waals surface area contributed by atoms with Gasteiger partial charge in [-0.2, -0.15) is 0 Å². The number of hydrogen-bond donors (Lipinski definition) is 2. The molecule has 2 aliphatic heterocycles. The van der Waals surface area contributed by atoms with Gasteiger partial charge in [-0.05, 0) is 25.0 Å². The quantitative estimate of drug-likeness (QED) is 0.436. The molecule has 0 radical (unpaired) electrons. The lowest BCUT2D eigenvalue weighted by atomic mass is 9.80. The van der Waals surface area contributed by atoms with Gasteiger partial charge < -0.3 is 28.9 Å². The van der Waals surface area contributed by atoms with Crippen LogP contribution in [0.4, 0.5) is 13.2 Å². The lowest BCUT2D eigenvalue weighted by molar-refractivity contribution is -0.212. The van der Waals surface area contributed by atoms with Crippen molar-refractivity contribution in [1.29, 1.82) is 0 Å². The summed E-state index contributed by atoms with van der Waals surface area (Å²) in [5, 5.41) is 33.0. The summed E-state index contributed by atoms with van der Waals surface area (Å²) >= 11 is 0. The summed E-state index contributed by atoms with van der Waals surface area (Å²) in [6.07, 6.45) is -0.606. The van der Waals surface area contributed by atoms with Crippen molar-refractivity contribution in [3.8, 4) is 11.3 Å². The van der Waals surface area contributed by atoms with Crippen molar-refractivity contribution in [1.82, 2.24) is 20.2 Å². The van der Waals surface area contributed by atoms with E-state index in [-0.39, 0.29) is 23.1 Å². The molecule has 10 nitrogen and oxygen atoms in total. The minimum atomic E-state index is -1.63. The molecular formula is C25H29F3N4O6. The molecule has 0 spiro atoms. The van der Waals surface area contributed by atoms with Gasteiger partial charge in [0.05, 0.1) is 24.6 Å². The second-order valence-electron chi connectivity index (χ2n) is 9.94. The lowest BCUT2D eigenvalue weighted by Crippen LogP contribution is -2.57. The summed E-state index contributed by atoms with van der Waals surface area (Å²) in [6, 6.07) is 2.80. The minimum Gasteiger partial charge on any atom is -0.394 e. The Kier molecular flexibility index (Phi) is 7.56. The molecule has 2 aromatic heterocycles. The second kappa shape index (κ2) is 10.7. The van der Waals surface area contributed by atoms with Gasteiger partial charge in [-0.1, -0.05) is 17.3 Å². The van der Waals surface area contributed by atoms with E-state index in [0.29, 0.717) is 18.9 Å². The zero-order valence-electron chi connectivity index (χ0n) is 20.9. The van der Waals surface area contributed by atoms with Crippen molar-refractivity contribution in [2.75, 3.05) is 26.9 Å². The Morgan fingerprint density at radius 2 is 1.92 bits per heavy atom. The standard InChI is InChI=1S/C25H29F3N4O6/c1-25(5-7-36-8-6-25)19-10-13(30-38-19)9-17-24(35-2)22(23(34)18(12-33)37-17)32-11-16(29-31-32)14-3-4-15(26)21(28)20(14)27/h3-4,10-11,17-18,22-24,33-34H,5-9,12H2,1-2H3/t17-,18-,22+,23+,24+/m1/s1. The molecular weight excluding hydrogens is 509 g/mol. The van der Waals surface area contributed by atoms with E-state index in [9.17, 15) is 23.4 Å². The fraction of sp³-hybridized carbons (Fsp3) is 0.560. The number of ether oxygens (including phenoxy) is 3. The Hall–Kier alpha value is -2.84. The lowest BCUT2D eigenvalue weighted by Gasteiger charge is -2.43. The summed E-state index contributed by atoms with van der Waals surface area (Å²) in [4.78, 5) is 0. The summed E-state index contributed by atoms with van der Waals surface area (Å²) in [7, 11) is 1.43. The normalized spacial score (nSPS) is 27.5. The van der Waals surface area contributed by atoms with Gasteiger partial charge in [0, 0.05) is 43.8 Å². The first-order chi connectivity index (χ1) is 18.3. The summed E-state index contributed by atoms with van der Waals surface area (Å²) in [5.41, 5.74) is 0.0428. The first-order valence-corrected chi connectivity index (χ1v) is 12.3. The molecule has 38 heavy (non-hydrogen) atoms. The van der Waals surface area contributed by atoms with Gasteiger partial charge in [-0.15, -0.1) is 5.10 Å². The molecule has 4 heterocycles. The molecule has 0 amide bonds. The van der Waals surface area contributed by atoms with Crippen molar-refractivity contribution >= 4 is 0 Å². The highest BCUT2D eigenvalue weighted by molar-refractivity contribution is 5.58. The zero-order chi connectivity index (χ0) is 27.0. The van der Waals surface area contributed by atoms with Crippen molar-refractivity contribution in [2.24, 2.45) is 0 Å². The van der Waals surface area contributed by atoms with Crippen LogP contribution in [0.5, 0.6) is 0 Å². The van der Waals surface area contributed by atoms with Crippen LogP contribution in [0.3, 0.4) is 0 Å². The number of aromatic nitrogens is 4. The third-order valence-electron chi connectivity index (χ3n) is 7.52. The Morgan fingerprint density at radius 1 is 1.16 bits per heavy atom. The highest BCUT2D eigenvalue weighted by Crippen LogP contribution is 2.37. The Labute approximate surface area is 216 Å². The van der Waals surface area contributed by atoms with Crippen LogP contribution in [0.2, 0.25) is 0 Å². The maximum atomic E-state index is 14.4. The van der Waals surface area contributed by atoms with Crippen molar-refractivity contribution in [2.45, 2.75) is 62.1 Å². The SMILES string of the molecule is CO[C@@H]1[C@@H](n2cc(-c3ccc(F)c(F)c3F)nn2)[C@@H](O)[C@@H](CO)O[C@@H]1Cc1cc(C2(C)CCOCC2)on1. The maximum absolute atomic E-state index is 14.4. The van der Waals surface area contributed by atoms with E-state index in [0.717, 1.165) is 30.7 Å². The van der Waals surface area contributed by atoms with Crippen molar-refractivity contribution in [3.63, 3.8) is 0 Å².